The van der Waals surface area contributed by atoms with Gasteiger partial charge in [-0.1, -0.05) is 80.6 Å². The maximum absolute atomic E-state index is 6.71. The van der Waals surface area contributed by atoms with Crippen LogP contribution in [0.2, 0.25) is 0 Å². The van der Waals surface area contributed by atoms with Crippen LogP contribution in [-0.4, -0.2) is 9.55 Å². The molecule has 0 spiro atoms. The smallest absolute Gasteiger partial charge is 0.145 e. The maximum atomic E-state index is 6.71. The van der Waals surface area contributed by atoms with Crippen LogP contribution < -0.4 is 0 Å². The van der Waals surface area contributed by atoms with Gasteiger partial charge in [0.15, 0.2) is 0 Å². The molecule has 0 amide bonds. The van der Waals surface area contributed by atoms with E-state index in [1.165, 1.54) is 38.5 Å². The van der Waals surface area contributed by atoms with E-state index < -0.39 is 0 Å². The van der Waals surface area contributed by atoms with Crippen LogP contribution in [0, 0.1) is 0 Å². The van der Waals surface area contributed by atoms with Crippen molar-refractivity contribution >= 4 is 43.7 Å². The molecule has 0 N–H and O–H groups in total. The van der Waals surface area contributed by atoms with Crippen molar-refractivity contribution < 1.29 is 4.42 Å². The van der Waals surface area contributed by atoms with Gasteiger partial charge in [-0.15, -0.1) is 0 Å². The molecule has 3 nitrogen and oxygen atoms in total. The molecule has 8 rings (SSSR count). The number of pyridine rings is 1. The van der Waals surface area contributed by atoms with Crippen molar-refractivity contribution in [2.45, 2.75) is 19.3 Å². The van der Waals surface area contributed by atoms with Crippen molar-refractivity contribution in [2.24, 2.45) is 0 Å². The number of hydrogen-bond donors (Lipinski definition) is 0. The van der Waals surface area contributed by atoms with Crippen LogP contribution in [0.1, 0.15) is 25.0 Å². The molecule has 35 heavy (non-hydrogen) atoms. The molecule has 0 atom stereocenters. The number of rotatable bonds is 1. The summed E-state index contributed by atoms with van der Waals surface area (Å²) in [5.41, 5.74) is 9.23. The van der Waals surface area contributed by atoms with Crippen LogP contribution in [0.3, 0.4) is 0 Å². The predicted octanol–water partition coefficient (Wildman–Crippen LogP) is 8.38. The fourth-order valence-electron chi connectivity index (χ4n) is 6.41. The maximum Gasteiger partial charge on any atom is 0.145 e. The van der Waals surface area contributed by atoms with Gasteiger partial charge in [-0.25, -0.2) is 4.98 Å². The Hall–Kier alpha value is -4.37. The number of hydrogen-bond acceptors (Lipinski definition) is 2. The minimum Gasteiger partial charge on any atom is -0.455 e. The van der Waals surface area contributed by atoms with E-state index >= 15 is 0 Å². The van der Waals surface area contributed by atoms with Gasteiger partial charge in [0.2, 0.25) is 0 Å². The van der Waals surface area contributed by atoms with Gasteiger partial charge in [-0.3, -0.25) is 4.57 Å². The fourth-order valence-corrected chi connectivity index (χ4v) is 6.41. The second-order valence-corrected chi connectivity index (χ2v) is 9.99. The summed E-state index contributed by atoms with van der Waals surface area (Å²) in [7, 11) is 0. The fraction of sp³-hybridized carbons (Fsp3) is 0.0938. The average molecular weight is 451 g/mol. The molecule has 0 saturated carbocycles. The van der Waals surface area contributed by atoms with E-state index in [4.69, 9.17) is 9.40 Å². The average Bonchev–Trinajstić information content (AvgIpc) is 3.51. The van der Waals surface area contributed by atoms with E-state index in [2.05, 4.69) is 97.3 Å². The Morgan fingerprint density at radius 2 is 1.49 bits per heavy atom. The summed E-state index contributed by atoms with van der Waals surface area (Å²) in [5, 5.41) is 4.83. The quantitative estimate of drug-likeness (QED) is 0.251. The summed E-state index contributed by atoms with van der Waals surface area (Å²) in [6, 6.07) is 32.1. The van der Waals surface area contributed by atoms with Gasteiger partial charge in [0.1, 0.15) is 17.0 Å². The molecule has 0 saturated heterocycles. The van der Waals surface area contributed by atoms with Crippen molar-refractivity contribution in [1.82, 2.24) is 9.55 Å². The molecule has 0 fully saturated rings. The van der Waals surface area contributed by atoms with Crippen LogP contribution in [0.15, 0.2) is 102 Å². The summed E-state index contributed by atoms with van der Waals surface area (Å²) in [5.74, 6) is 0.915. The van der Waals surface area contributed by atoms with E-state index in [1.54, 1.807) is 0 Å². The number of furan rings is 1. The van der Waals surface area contributed by atoms with Crippen LogP contribution >= 0.6 is 0 Å². The molecule has 3 heterocycles. The van der Waals surface area contributed by atoms with Gasteiger partial charge in [0.25, 0.3) is 0 Å². The Balaban J connectivity index is 1.76. The van der Waals surface area contributed by atoms with Crippen LogP contribution in [-0.2, 0) is 5.41 Å². The topological polar surface area (TPSA) is 31.0 Å². The van der Waals surface area contributed by atoms with E-state index in [-0.39, 0.29) is 5.41 Å². The molecule has 0 aliphatic heterocycles. The zero-order chi connectivity index (χ0) is 23.3. The van der Waals surface area contributed by atoms with E-state index in [9.17, 15) is 0 Å². The third-order valence-electron chi connectivity index (χ3n) is 7.81. The summed E-state index contributed by atoms with van der Waals surface area (Å²) >= 11 is 0. The third kappa shape index (κ3) is 2.23. The van der Waals surface area contributed by atoms with Crippen LogP contribution in [0.5, 0.6) is 0 Å². The first-order chi connectivity index (χ1) is 17.2. The minimum absolute atomic E-state index is 0.170. The Morgan fingerprint density at radius 1 is 0.743 bits per heavy atom. The summed E-state index contributed by atoms with van der Waals surface area (Å²) in [4.78, 5) is 4.79. The highest BCUT2D eigenvalue weighted by atomic mass is 16.3. The van der Waals surface area contributed by atoms with Crippen LogP contribution in [0.4, 0.5) is 0 Å². The van der Waals surface area contributed by atoms with E-state index in [0.29, 0.717) is 0 Å². The van der Waals surface area contributed by atoms with Crippen molar-refractivity contribution in [3.05, 3.63) is 108 Å². The molecule has 0 radical (unpaired) electrons. The SMILES string of the molecule is CC1(C)c2ccccc2-c2c1c1c3ccccc3n(-c3ccccn3)c1c1c2oc2ccccc21. The van der Waals surface area contributed by atoms with Crippen molar-refractivity contribution in [2.75, 3.05) is 0 Å². The van der Waals surface area contributed by atoms with Crippen LogP contribution in [0.25, 0.3) is 60.7 Å². The van der Waals surface area contributed by atoms with Gasteiger partial charge in [-0.2, -0.15) is 0 Å². The largest absolute Gasteiger partial charge is 0.455 e. The first kappa shape index (κ1) is 19.0. The molecular formula is C32H22N2O. The van der Waals surface area contributed by atoms with Gasteiger partial charge in [0, 0.05) is 33.3 Å². The Labute approximate surface area is 202 Å². The molecule has 0 unspecified atom stereocenters. The normalized spacial score (nSPS) is 14.2. The summed E-state index contributed by atoms with van der Waals surface area (Å²) in [6.45, 7) is 4.69. The number of aromatic nitrogens is 2. The van der Waals surface area contributed by atoms with Gasteiger partial charge in [-0.05, 0) is 41.0 Å². The van der Waals surface area contributed by atoms with E-state index in [0.717, 1.165) is 33.3 Å². The molecular weight excluding hydrogens is 428 g/mol. The lowest BCUT2D eigenvalue weighted by atomic mass is 9.80. The zero-order valence-electron chi connectivity index (χ0n) is 19.5. The molecule has 166 valence electrons. The molecule has 1 aliphatic rings. The lowest BCUT2D eigenvalue weighted by Crippen LogP contribution is -2.15. The Morgan fingerprint density at radius 3 is 2.34 bits per heavy atom. The second kappa shape index (κ2) is 6.39. The highest BCUT2D eigenvalue weighted by molar-refractivity contribution is 6.30. The highest BCUT2D eigenvalue weighted by Crippen LogP contribution is 2.57. The number of benzene rings is 4. The van der Waals surface area contributed by atoms with Crippen molar-refractivity contribution in [3.63, 3.8) is 0 Å². The first-order valence-corrected chi connectivity index (χ1v) is 12.1. The minimum atomic E-state index is -0.170. The van der Waals surface area contributed by atoms with E-state index in [1.807, 2.05) is 18.3 Å². The first-order valence-electron chi connectivity index (χ1n) is 12.1. The second-order valence-electron chi connectivity index (χ2n) is 9.99. The Bertz CT molecular complexity index is 1970. The molecule has 7 aromatic rings. The number of nitrogens with zero attached hydrogens (tertiary/aromatic N) is 2. The number of para-hydroxylation sites is 2. The van der Waals surface area contributed by atoms with Crippen molar-refractivity contribution in [3.8, 4) is 16.9 Å². The number of fused-ring (bicyclic) bond motifs is 12. The molecule has 4 aromatic carbocycles. The van der Waals surface area contributed by atoms with Crippen molar-refractivity contribution in [1.29, 1.82) is 0 Å². The molecule has 0 bridgehead atoms. The lowest BCUT2D eigenvalue weighted by Gasteiger charge is -2.22. The lowest BCUT2D eigenvalue weighted by molar-refractivity contribution is 0.658. The zero-order valence-corrected chi connectivity index (χ0v) is 19.5. The predicted molar refractivity (Wildman–Crippen MR) is 143 cm³/mol. The molecule has 1 aliphatic carbocycles. The summed E-state index contributed by atoms with van der Waals surface area (Å²) < 4.78 is 9.03. The molecule has 3 heteroatoms. The monoisotopic (exact) mass is 450 g/mol. The van der Waals surface area contributed by atoms with Gasteiger partial charge < -0.3 is 4.42 Å². The third-order valence-corrected chi connectivity index (χ3v) is 7.81. The standard InChI is InChI=1S/C32H22N2O/c1-32(2)22-14-6-3-11-19(22)27-29(32)26-20-12-4-7-15-23(20)34(25-17-9-10-18-33-25)30(26)28-21-13-5-8-16-24(21)35-31(27)28/h3-18H,1-2H3. The molecule has 3 aromatic heterocycles. The Kier molecular flexibility index (Phi) is 3.47. The highest BCUT2D eigenvalue weighted by Gasteiger charge is 2.41. The van der Waals surface area contributed by atoms with Gasteiger partial charge >= 0.3 is 0 Å². The van der Waals surface area contributed by atoms with Gasteiger partial charge in [0.05, 0.1) is 16.4 Å². The summed E-state index contributed by atoms with van der Waals surface area (Å²) in [6.07, 6.45) is 1.87.